The first-order valence-electron chi connectivity index (χ1n) is 7.38. The summed E-state index contributed by atoms with van der Waals surface area (Å²) in [5.74, 6) is 0.615. The molecular weight excluding hydrogens is 232 g/mol. The molecule has 2 heteroatoms. The summed E-state index contributed by atoms with van der Waals surface area (Å²) >= 11 is 0. The van der Waals surface area contributed by atoms with Gasteiger partial charge in [-0.15, -0.1) is 0 Å². The first-order valence-corrected chi connectivity index (χ1v) is 7.38. The van der Waals surface area contributed by atoms with E-state index in [0.29, 0.717) is 12.0 Å². The van der Waals surface area contributed by atoms with Gasteiger partial charge in [-0.2, -0.15) is 0 Å². The fraction of sp³-hybridized carbons (Fsp3) is 0.412. The standard InChI is InChI=1S/C17H17N2/c1-2-6-15-13(5-1)14-8-10-18-9-3-4-12-7-11-19(15)17(14)16(12)18/h1-2,5-6,11-12,16H,3-4,8-10H2/t12-,16-/m1/s1. The van der Waals surface area contributed by atoms with Gasteiger partial charge >= 0.3 is 0 Å². The molecule has 1 aromatic heterocycles. The van der Waals surface area contributed by atoms with Gasteiger partial charge in [-0.1, -0.05) is 18.2 Å². The van der Waals surface area contributed by atoms with Crippen molar-refractivity contribution >= 4 is 17.1 Å². The number of para-hydroxylation sites is 1. The Morgan fingerprint density at radius 1 is 1.16 bits per heavy atom. The summed E-state index contributed by atoms with van der Waals surface area (Å²) in [6.07, 6.45) is 9.69. The number of piperidine rings is 1. The predicted molar refractivity (Wildman–Crippen MR) is 76.7 cm³/mol. The first-order chi connectivity index (χ1) is 9.43. The maximum atomic E-state index is 3.64. The van der Waals surface area contributed by atoms with Crippen molar-refractivity contribution in [2.75, 3.05) is 13.1 Å². The lowest BCUT2D eigenvalue weighted by Crippen LogP contribution is -2.44. The third-order valence-electron chi connectivity index (χ3n) is 5.14. The summed E-state index contributed by atoms with van der Waals surface area (Å²) in [5, 5.41) is 1.46. The van der Waals surface area contributed by atoms with Gasteiger partial charge in [-0.3, -0.25) is 4.90 Å². The number of aromatic nitrogens is 1. The Morgan fingerprint density at radius 3 is 3.11 bits per heavy atom. The summed E-state index contributed by atoms with van der Waals surface area (Å²) in [6, 6.07) is 9.45. The van der Waals surface area contributed by atoms with Crippen LogP contribution in [-0.2, 0) is 6.42 Å². The molecule has 95 valence electrons. The summed E-state index contributed by atoms with van der Waals surface area (Å²) in [6.45, 7) is 2.49. The van der Waals surface area contributed by atoms with E-state index in [4.69, 9.17) is 0 Å². The van der Waals surface area contributed by atoms with Crippen LogP contribution in [0, 0.1) is 12.0 Å². The number of rotatable bonds is 0. The van der Waals surface area contributed by atoms with E-state index in [1.165, 1.54) is 43.3 Å². The van der Waals surface area contributed by atoms with Crippen molar-refractivity contribution in [1.29, 1.82) is 0 Å². The third kappa shape index (κ3) is 1.20. The zero-order chi connectivity index (χ0) is 12.4. The lowest BCUT2D eigenvalue weighted by atomic mass is 9.81. The zero-order valence-electron chi connectivity index (χ0n) is 11.0. The van der Waals surface area contributed by atoms with Gasteiger partial charge in [0.05, 0.1) is 11.6 Å². The van der Waals surface area contributed by atoms with Gasteiger partial charge in [0, 0.05) is 29.7 Å². The van der Waals surface area contributed by atoms with Crippen LogP contribution in [0.1, 0.15) is 30.1 Å². The largest absolute Gasteiger partial charge is 0.318 e. The molecule has 2 nitrogen and oxygen atoms in total. The minimum atomic E-state index is 0.592. The van der Waals surface area contributed by atoms with Crippen molar-refractivity contribution in [3.63, 3.8) is 0 Å². The monoisotopic (exact) mass is 249 g/mol. The smallest absolute Gasteiger partial charge is 0.0577 e. The molecule has 5 rings (SSSR count). The van der Waals surface area contributed by atoms with Crippen molar-refractivity contribution in [2.45, 2.75) is 25.3 Å². The molecule has 3 aliphatic heterocycles. The summed E-state index contributed by atoms with van der Waals surface area (Å²) in [4.78, 5) is 2.69. The Balaban J connectivity index is 1.87. The molecule has 1 aromatic carbocycles. The average Bonchev–Trinajstić information content (AvgIpc) is 2.81. The van der Waals surface area contributed by atoms with Crippen LogP contribution in [0.2, 0.25) is 0 Å². The van der Waals surface area contributed by atoms with Crippen LogP contribution >= 0.6 is 0 Å². The van der Waals surface area contributed by atoms with Crippen LogP contribution in [0.5, 0.6) is 0 Å². The van der Waals surface area contributed by atoms with Gasteiger partial charge in [-0.25, -0.2) is 0 Å². The highest BCUT2D eigenvalue weighted by Crippen LogP contribution is 2.46. The van der Waals surface area contributed by atoms with Crippen LogP contribution in [0.15, 0.2) is 24.3 Å². The van der Waals surface area contributed by atoms with Crippen molar-refractivity contribution in [2.24, 2.45) is 5.92 Å². The fourth-order valence-corrected chi connectivity index (χ4v) is 4.36. The Bertz CT molecular complexity index is 695. The molecule has 0 spiro atoms. The molecule has 19 heavy (non-hydrogen) atoms. The molecule has 2 aromatic rings. The molecule has 1 fully saturated rings. The van der Waals surface area contributed by atoms with Crippen molar-refractivity contribution in [1.82, 2.24) is 9.47 Å². The normalized spacial score (nSPS) is 28.6. The van der Waals surface area contributed by atoms with E-state index in [-0.39, 0.29) is 0 Å². The molecule has 0 saturated carbocycles. The summed E-state index contributed by atoms with van der Waals surface area (Å²) in [5.41, 5.74) is 4.53. The molecule has 0 N–H and O–H groups in total. The molecular formula is C17H17N2. The fourth-order valence-electron chi connectivity index (χ4n) is 4.36. The Labute approximate surface area is 113 Å². The minimum Gasteiger partial charge on any atom is -0.318 e. The Kier molecular flexibility index (Phi) is 1.90. The van der Waals surface area contributed by atoms with Crippen LogP contribution in [0.4, 0.5) is 0 Å². The highest BCUT2D eigenvalue weighted by molar-refractivity contribution is 5.88. The maximum Gasteiger partial charge on any atom is 0.0577 e. The second-order valence-corrected chi connectivity index (χ2v) is 6.03. The lowest BCUT2D eigenvalue weighted by molar-refractivity contribution is 0.0950. The lowest BCUT2D eigenvalue weighted by Gasteiger charge is -2.45. The quantitative estimate of drug-likeness (QED) is 0.696. The summed E-state index contributed by atoms with van der Waals surface area (Å²) in [7, 11) is 0. The van der Waals surface area contributed by atoms with Gasteiger partial charge in [0.25, 0.3) is 0 Å². The number of fused-ring (bicyclic) bond motifs is 3. The van der Waals surface area contributed by atoms with Gasteiger partial charge in [0.15, 0.2) is 0 Å². The van der Waals surface area contributed by atoms with Gasteiger partial charge < -0.3 is 4.57 Å². The molecule has 2 atom stereocenters. The molecule has 0 amide bonds. The highest BCUT2D eigenvalue weighted by atomic mass is 15.2. The topological polar surface area (TPSA) is 8.17 Å². The van der Waals surface area contributed by atoms with Crippen molar-refractivity contribution in [3.8, 4) is 0 Å². The second-order valence-electron chi connectivity index (χ2n) is 6.03. The highest BCUT2D eigenvalue weighted by Gasteiger charge is 2.40. The van der Waals surface area contributed by atoms with Gasteiger partial charge in [0.1, 0.15) is 0 Å². The van der Waals surface area contributed by atoms with E-state index in [0.717, 1.165) is 0 Å². The number of hydrogen-bond donors (Lipinski definition) is 0. The number of hydrogen-bond acceptors (Lipinski definition) is 1. The van der Waals surface area contributed by atoms with Crippen LogP contribution in [0.3, 0.4) is 0 Å². The predicted octanol–water partition coefficient (Wildman–Crippen LogP) is 3.24. The average molecular weight is 249 g/mol. The Hall–Kier alpha value is -1.54. The SMILES string of the molecule is [C]1=Cn2c3c(c4ccccc42)CCN2CCC[C@H]1[C@H]32. The van der Waals surface area contributed by atoms with E-state index in [2.05, 4.69) is 46.0 Å². The first kappa shape index (κ1) is 10.3. The second kappa shape index (κ2) is 3.51. The van der Waals surface area contributed by atoms with E-state index >= 15 is 0 Å². The van der Waals surface area contributed by atoms with Crippen molar-refractivity contribution in [3.05, 3.63) is 41.6 Å². The molecule has 1 radical (unpaired) electrons. The van der Waals surface area contributed by atoms with Crippen molar-refractivity contribution < 1.29 is 0 Å². The van der Waals surface area contributed by atoms with Gasteiger partial charge in [-0.05, 0) is 43.5 Å². The molecule has 0 unspecified atom stereocenters. The number of nitrogens with zero attached hydrogens (tertiary/aromatic N) is 2. The van der Waals surface area contributed by atoms with Gasteiger partial charge in [0.2, 0.25) is 0 Å². The molecule has 4 heterocycles. The van der Waals surface area contributed by atoms with E-state index in [1.54, 1.807) is 11.3 Å². The maximum absolute atomic E-state index is 3.64. The molecule has 3 aliphatic rings. The van der Waals surface area contributed by atoms with E-state index < -0.39 is 0 Å². The molecule has 1 saturated heterocycles. The third-order valence-corrected chi connectivity index (χ3v) is 5.14. The summed E-state index contributed by atoms with van der Waals surface area (Å²) < 4.78 is 2.41. The van der Waals surface area contributed by atoms with E-state index in [9.17, 15) is 0 Å². The zero-order valence-corrected chi connectivity index (χ0v) is 11.0. The minimum absolute atomic E-state index is 0.592. The van der Waals surface area contributed by atoms with Crippen LogP contribution in [0.25, 0.3) is 17.1 Å². The van der Waals surface area contributed by atoms with E-state index in [1.807, 2.05) is 0 Å². The molecule has 0 aliphatic carbocycles. The molecule has 0 bridgehead atoms. The van der Waals surface area contributed by atoms with Crippen LogP contribution < -0.4 is 0 Å². The van der Waals surface area contributed by atoms with Crippen LogP contribution in [-0.4, -0.2) is 22.6 Å². The Morgan fingerprint density at radius 2 is 2.11 bits per heavy atom. The number of benzene rings is 1.